The molecular formula is C11H13ClN2O3. The Labute approximate surface area is 104 Å². The number of rotatable bonds is 4. The van der Waals surface area contributed by atoms with E-state index in [1.54, 1.807) is 18.2 Å². The molecule has 1 atom stereocenters. The molecule has 0 aromatic heterocycles. The van der Waals surface area contributed by atoms with Gasteiger partial charge in [0.15, 0.2) is 0 Å². The fraction of sp³-hybridized carbons (Fsp3) is 0.273. The van der Waals surface area contributed by atoms with Crippen molar-refractivity contribution in [3.05, 3.63) is 28.8 Å². The largest absolute Gasteiger partial charge is 0.481 e. The van der Waals surface area contributed by atoms with Crippen LogP contribution in [0.15, 0.2) is 18.2 Å². The molecule has 0 aliphatic carbocycles. The number of carbonyl (C=O) groups is 2. The van der Waals surface area contributed by atoms with Crippen molar-refractivity contribution in [1.29, 1.82) is 0 Å². The second-order valence-electron chi connectivity index (χ2n) is 3.66. The molecule has 0 saturated carbocycles. The first-order chi connectivity index (χ1) is 7.90. The molecule has 6 heteroatoms. The molecule has 1 unspecified atom stereocenters. The second-order valence-corrected chi connectivity index (χ2v) is 4.06. The lowest BCUT2D eigenvalue weighted by atomic mass is 10.2. The third-order valence-electron chi connectivity index (χ3n) is 2.17. The number of hydrogen-bond donors (Lipinski definition) is 3. The fourth-order valence-electron chi connectivity index (χ4n) is 1.19. The lowest BCUT2D eigenvalue weighted by Crippen LogP contribution is -2.37. The highest BCUT2D eigenvalue weighted by molar-refractivity contribution is 6.31. The number of nitrogens with one attached hydrogen (secondary N) is 1. The number of nitrogens with two attached hydrogens (primary N) is 1. The Morgan fingerprint density at radius 3 is 2.71 bits per heavy atom. The van der Waals surface area contributed by atoms with Crippen molar-refractivity contribution in [3.63, 3.8) is 0 Å². The number of aryl methyl sites for hydroxylation is 1. The Bertz CT molecular complexity index is 448. The molecule has 0 radical (unpaired) electrons. The summed E-state index contributed by atoms with van der Waals surface area (Å²) in [6.45, 7) is 1.84. The molecule has 0 saturated heterocycles. The van der Waals surface area contributed by atoms with Crippen molar-refractivity contribution in [3.8, 4) is 0 Å². The summed E-state index contributed by atoms with van der Waals surface area (Å²) in [4.78, 5) is 21.9. The van der Waals surface area contributed by atoms with E-state index in [0.717, 1.165) is 5.56 Å². The number of halogens is 1. The van der Waals surface area contributed by atoms with Crippen LogP contribution in [0.3, 0.4) is 0 Å². The molecule has 1 aromatic rings. The molecular weight excluding hydrogens is 244 g/mol. The second kappa shape index (κ2) is 5.65. The van der Waals surface area contributed by atoms with E-state index in [2.05, 4.69) is 5.32 Å². The SMILES string of the molecule is Cc1ccc(NC(=O)C(N)CC(=O)O)cc1Cl. The van der Waals surface area contributed by atoms with Gasteiger partial charge in [0, 0.05) is 10.7 Å². The first-order valence-electron chi connectivity index (χ1n) is 4.94. The Morgan fingerprint density at radius 1 is 1.53 bits per heavy atom. The van der Waals surface area contributed by atoms with Crippen LogP contribution in [0.2, 0.25) is 5.02 Å². The fourth-order valence-corrected chi connectivity index (χ4v) is 1.37. The minimum atomic E-state index is -1.12. The minimum absolute atomic E-state index is 0.411. The van der Waals surface area contributed by atoms with Gasteiger partial charge in [-0.15, -0.1) is 0 Å². The van der Waals surface area contributed by atoms with E-state index in [0.29, 0.717) is 10.7 Å². The zero-order chi connectivity index (χ0) is 13.0. The molecule has 0 heterocycles. The minimum Gasteiger partial charge on any atom is -0.481 e. The first-order valence-corrected chi connectivity index (χ1v) is 5.32. The van der Waals surface area contributed by atoms with Gasteiger partial charge in [-0.25, -0.2) is 0 Å². The van der Waals surface area contributed by atoms with Crippen LogP contribution < -0.4 is 11.1 Å². The van der Waals surface area contributed by atoms with Crippen LogP contribution in [0.5, 0.6) is 0 Å². The number of hydrogen-bond acceptors (Lipinski definition) is 3. The summed E-state index contributed by atoms with van der Waals surface area (Å²) >= 11 is 5.88. The molecule has 0 spiro atoms. The van der Waals surface area contributed by atoms with Crippen LogP contribution in [0.1, 0.15) is 12.0 Å². The average molecular weight is 257 g/mol. The number of anilines is 1. The molecule has 0 fully saturated rings. The summed E-state index contributed by atoms with van der Waals surface area (Å²) in [5, 5.41) is 11.5. The van der Waals surface area contributed by atoms with Gasteiger partial charge in [0.25, 0.3) is 0 Å². The van der Waals surface area contributed by atoms with Crippen molar-refractivity contribution in [2.45, 2.75) is 19.4 Å². The molecule has 0 aliphatic heterocycles. The van der Waals surface area contributed by atoms with Gasteiger partial charge < -0.3 is 16.2 Å². The van der Waals surface area contributed by atoms with Crippen LogP contribution in [0, 0.1) is 6.92 Å². The van der Waals surface area contributed by atoms with Crippen molar-refractivity contribution < 1.29 is 14.7 Å². The van der Waals surface area contributed by atoms with Crippen LogP contribution in [-0.4, -0.2) is 23.0 Å². The van der Waals surface area contributed by atoms with E-state index in [1.807, 2.05) is 6.92 Å². The van der Waals surface area contributed by atoms with Crippen LogP contribution in [0.4, 0.5) is 5.69 Å². The standard InChI is InChI=1S/C11H13ClN2O3/c1-6-2-3-7(4-8(6)12)14-11(17)9(13)5-10(15)16/h2-4,9H,5,13H2,1H3,(H,14,17)(H,15,16). The van der Waals surface area contributed by atoms with Crippen LogP contribution in [0.25, 0.3) is 0 Å². The molecule has 92 valence electrons. The molecule has 1 aromatic carbocycles. The highest BCUT2D eigenvalue weighted by atomic mass is 35.5. The van der Waals surface area contributed by atoms with E-state index in [9.17, 15) is 9.59 Å². The molecule has 0 bridgehead atoms. The predicted octanol–water partition coefficient (Wildman–Crippen LogP) is 1.39. The summed E-state index contributed by atoms with van der Waals surface area (Å²) in [7, 11) is 0. The third kappa shape index (κ3) is 4.05. The van der Waals surface area contributed by atoms with E-state index in [-0.39, 0.29) is 0 Å². The molecule has 1 rings (SSSR count). The van der Waals surface area contributed by atoms with E-state index in [4.69, 9.17) is 22.4 Å². The van der Waals surface area contributed by atoms with Gasteiger partial charge in [0.2, 0.25) is 5.91 Å². The van der Waals surface area contributed by atoms with Crippen molar-refractivity contribution in [1.82, 2.24) is 0 Å². The first kappa shape index (κ1) is 13.5. The van der Waals surface area contributed by atoms with Gasteiger partial charge in [-0.3, -0.25) is 9.59 Å². The van der Waals surface area contributed by atoms with Crippen molar-refractivity contribution in [2.75, 3.05) is 5.32 Å². The lowest BCUT2D eigenvalue weighted by molar-refractivity contribution is -0.138. The van der Waals surface area contributed by atoms with E-state index >= 15 is 0 Å². The zero-order valence-electron chi connectivity index (χ0n) is 9.24. The molecule has 0 aliphatic rings. The zero-order valence-corrected chi connectivity index (χ0v) is 9.99. The molecule has 1 amide bonds. The summed E-state index contributed by atoms with van der Waals surface area (Å²) in [6, 6.07) is 3.93. The van der Waals surface area contributed by atoms with Crippen molar-refractivity contribution >= 4 is 29.2 Å². The topological polar surface area (TPSA) is 92.4 Å². The maximum absolute atomic E-state index is 11.5. The summed E-state index contributed by atoms with van der Waals surface area (Å²) in [5.74, 6) is -1.66. The molecule has 17 heavy (non-hydrogen) atoms. The highest BCUT2D eigenvalue weighted by Gasteiger charge is 2.17. The number of amides is 1. The van der Waals surface area contributed by atoms with Gasteiger partial charge in [-0.1, -0.05) is 17.7 Å². The number of carbonyl (C=O) groups excluding carboxylic acids is 1. The highest BCUT2D eigenvalue weighted by Crippen LogP contribution is 2.19. The van der Waals surface area contributed by atoms with Crippen LogP contribution >= 0.6 is 11.6 Å². The summed E-state index contributed by atoms with van der Waals surface area (Å²) in [6.07, 6.45) is -0.411. The van der Waals surface area contributed by atoms with Crippen LogP contribution in [-0.2, 0) is 9.59 Å². The normalized spacial score (nSPS) is 11.9. The van der Waals surface area contributed by atoms with Crippen molar-refractivity contribution in [2.24, 2.45) is 5.73 Å². The Kier molecular flexibility index (Phi) is 4.48. The third-order valence-corrected chi connectivity index (χ3v) is 2.58. The van der Waals surface area contributed by atoms with E-state index < -0.39 is 24.3 Å². The summed E-state index contributed by atoms with van der Waals surface area (Å²) in [5.41, 5.74) is 6.79. The van der Waals surface area contributed by atoms with E-state index in [1.165, 1.54) is 0 Å². The Balaban J connectivity index is 2.67. The Hall–Kier alpha value is -1.59. The number of aliphatic carboxylic acids is 1. The van der Waals surface area contributed by atoms with Gasteiger partial charge in [0.1, 0.15) is 0 Å². The van der Waals surface area contributed by atoms with Gasteiger partial charge in [0.05, 0.1) is 12.5 Å². The predicted molar refractivity (Wildman–Crippen MR) is 65.0 cm³/mol. The molecule has 4 N–H and O–H groups in total. The lowest BCUT2D eigenvalue weighted by Gasteiger charge is -2.10. The molecule has 5 nitrogen and oxygen atoms in total. The maximum atomic E-state index is 11.5. The van der Waals surface area contributed by atoms with Gasteiger partial charge in [-0.05, 0) is 24.6 Å². The Morgan fingerprint density at radius 2 is 2.18 bits per heavy atom. The maximum Gasteiger partial charge on any atom is 0.305 e. The van der Waals surface area contributed by atoms with Gasteiger partial charge >= 0.3 is 5.97 Å². The van der Waals surface area contributed by atoms with Gasteiger partial charge in [-0.2, -0.15) is 0 Å². The number of benzene rings is 1. The smallest absolute Gasteiger partial charge is 0.305 e. The number of carboxylic acid groups (broad SMARTS) is 1. The summed E-state index contributed by atoms with van der Waals surface area (Å²) < 4.78 is 0. The quantitative estimate of drug-likeness (QED) is 0.759. The number of carboxylic acids is 1. The average Bonchev–Trinajstić information content (AvgIpc) is 2.22. The monoisotopic (exact) mass is 256 g/mol.